The Morgan fingerprint density at radius 2 is 1.81 bits per heavy atom. The minimum atomic E-state index is -0.436. The maximum absolute atomic E-state index is 12.5. The fraction of sp³-hybridized carbons (Fsp3) is 0.300. The van der Waals surface area contributed by atoms with Crippen LogP contribution in [-0.2, 0) is 16.0 Å². The molecule has 6 heteroatoms. The van der Waals surface area contributed by atoms with E-state index in [2.05, 4.69) is 10.2 Å². The molecule has 1 aliphatic rings. The first-order chi connectivity index (χ1) is 12.7. The van der Waals surface area contributed by atoms with Crippen molar-refractivity contribution in [1.82, 2.24) is 4.90 Å². The molecule has 1 heterocycles. The van der Waals surface area contributed by atoms with Crippen molar-refractivity contribution in [2.45, 2.75) is 6.54 Å². The topological polar surface area (TPSA) is 67.9 Å². The van der Waals surface area contributed by atoms with Crippen molar-refractivity contribution in [2.24, 2.45) is 0 Å². The van der Waals surface area contributed by atoms with Gasteiger partial charge in [0.25, 0.3) is 5.91 Å². The van der Waals surface area contributed by atoms with Crippen LogP contribution in [-0.4, -0.2) is 50.2 Å². The van der Waals surface area contributed by atoms with E-state index in [1.54, 1.807) is 30.3 Å². The van der Waals surface area contributed by atoms with E-state index in [-0.39, 0.29) is 5.91 Å². The van der Waals surface area contributed by atoms with Crippen LogP contribution in [0.4, 0.5) is 5.69 Å². The molecule has 0 aromatic heterocycles. The Balaban J connectivity index is 1.68. The van der Waals surface area contributed by atoms with Gasteiger partial charge in [0.1, 0.15) is 0 Å². The zero-order valence-electron chi connectivity index (χ0n) is 14.7. The molecule has 0 unspecified atom stereocenters. The normalized spacial score (nSPS) is 14.7. The third-order valence-corrected chi connectivity index (χ3v) is 4.24. The third-order valence-electron chi connectivity index (χ3n) is 4.24. The summed E-state index contributed by atoms with van der Waals surface area (Å²) in [4.78, 5) is 26.5. The highest BCUT2D eigenvalue weighted by Gasteiger charge is 2.13. The number of anilines is 1. The van der Waals surface area contributed by atoms with Gasteiger partial charge in [0.15, 0.2) is 0 Å². The molecule has 1 amide bonds. The number of carbonyl (C=O) groups excluding carboxylic acids is 2. The van der Waals surface area contributed by atoms with E-state index in [1.807, 2.05) is 18.2 Å². The lowest BCUT2D eigenvalue weighted by atomic mass is 10.1. The highest BCUT2D eigenvalue weighted by molar-refractivity contribution is 6.05. The molecular formula is C20H22N2O4. The Morgan fingerprint density at radius 3 is 2.58 bits per heavy atom. The summed E-state index contributed by atoms with van der Waals surface area (Å²) in [5.41, 5.74) is 2.62. The van der Waals surface area contributed by atoms with Crippen molar-refractivity contribution in [2.75, 3.05) is 38.7 Å². The summed E-state index contributed by atoms with van der Waals surface area (Å²) in [6.45, 7) is 4.09. The van der Waals surface area contributed by atoms with Gasteiger partial charge in [0.2, 0.25) is 0 Å². The summed E-state index contributed by atoms with van der Waals surface area (Å²) in [6.07, 6.45) is 0. The SMILES string of the molecule is COC(=O)c1cccc(NC(=O)c2cccc(CN3CCOCC3)c2)c1. The largest absolute Gasteiger partial charge is 0.465 e. The summed E-state index contributed by atoms with van der Waals surface area (Å²) < 4.78 is 10.1. The lowest BCUT2D eigenvalue weighted by Gasteiger charge is -2.26. The number of carbonyl (C=O) groups is 2. The van der Waals surface area contributed by atoms with E-state index >= 15 is 0 Å². The molecule has 0 atom stereocenters. The average Bonchev–Trinajstić information content (AvgIpc) is 2.68. The Hall–Kier alpha value is -2.70. The Bertz CT molecular complexity index is 785. The van der Waals surface area contributed by atoms with Gasteiger partial charge in [-0.3, -0.25) is 9.69 Å². The summed E-state index contributed by atoms with van der Waals surface area (Å²) in [5, 5.41) is 2.83. The maximum atomic E-state index is 12.5. The maximum Gasteiger partial charge on any atom is 0.337 e. The molecule has 6 nitrogen and oxygen atoms in total. The van der Waals surface area contributed by atoms with Crippen LogP contribution < -0.4 is 5.32 Å². The molecule has 2 aromatic carbocycles. The molecule has 1 N–H and O–H groups in total. The molecule has 26 heavy (non-hydrogen) atoms. The summed E-state index contributed by atoms with van der Waals surface area (Å²) >= 11 is 0. The minimum Gasteiger partial charge on any atom is -0.465 e. The second kappa shape index (κ2) is 8.60. The second-order valence-corrected chi connectivity index (χ2v) is 6.12. The second-order valence-electron chi connectivity index (χ2n) is 6.12. The van der Waals surface area contributed by atoms with Gasteiger partial charge in [-0.25, -0.2) is 4.79 Å². The third kappa shape index (κ3) is 4.68. The zero-order chi connectivity index (χ0) is 18.4. The first-order valence-corrected chi connectivity index (χ1v) is 8.54. The van der Waals surface area contributed by atoms with Crippen LogP contribution in [0.25, 0.3) is 0 Å². The number of methoxy groups -OCH3 is 1. The standard InChI is InChI=1S/C20H22N2O4/c1-25-20(24)17-6-3-7-18(13-17)21-19(23)16-5-2-4-15(12-16)14-22-8-10-26-11-9-22/h2-7,12-13H,8-11,14H2,1H3,(H,21,23). The van der Waals surface area contributed by atoms with Gasteiger partial charge in [-0.15, -0.1) is 0 Å². The van der Waals surface area contributed by atoms with Crippen LogP contribution in [0.15, 0.2) is 48.5 Å². The molecular weight excluding hydrogens is 332 g/mol. The number of morpholine rings is 1. The number of rotatable bonds is 5. The minimum absolute atomic E-state index is 0.212. The number of nitrogens with one attached hydrogen (secondary N) is 1. The lowest BCUT2D eigenvalue weighted by Crippen LogP contribution is -2.35. The highest BCUT2D eigenvalue weighted by atomic mass is 16.5. The quantitative estimate of drug-likeness (QED) is 0.836. The fourth-order valence-corrected chi connectivity index (χ4v) is 2.87. The van der Waals surface area contributed by atoms with Crippen LogP contribution in [0.5, 0.6) is 0 Å². The molecule has 0 bridgehead atoms. The van der Waals surface area contributed by atoms with Crippen LogP contribution in [0.1, 0.15) is 26.3 Å². The molecule has 1 aliphatic heterocycles. The first kappa shape index (κ1) is 18.1. The van der Waals surface area contributed by atoms with Gasteiger partial charge in [-0.2, -0.15) is 0 Å². The number of hydrogen-bond donors (Lipinski definition) is 1. The number of ether oxygens (including phenoxy) is 2. The molecule has 0 aliphatic carbocycles. The number of amides is 1. The molecule has 0 radical (unpaired) electrons. The van der Waals surface area contributed by atoms with Gasteiger partial charge >= 0.3 is 5.97 Å². The number of esters is 1. The van der Waals surface area contributed by atoms with Crippen molar-refractivity contribution in [3.63, 3.8) is 0 Å². The number of nitrogens with zero attached hydrogens (tertiary/aromatic N) is 1. The molecule has 3 rings (SSSR count). The first-order valence-electron chi connectivity index (χ1n) is 8.54. The predicted octanol–water partition coefficient (Wildman–Crippen LogP) is 2.56. The molecule has 0 spiro atoms. The Kier molecular flexibility index (Phi) is 5.99. The smallest absolute Gasteiger partial charge is 0.337 e. The van der Waals surface area contributed by atoms with Crippen molar-refractivity contribution in [3.05, 3.63) is 65.2 Å². The van der Waals surface area contributed by atoms with Crippen molar-refractivity contribution in [1.29, 1.82) is 0 Å². The zero-order valence-corrected chi connectivity index (χ0v) is 14.7. The van der Waals surface area contributed by atoms with E-state index in [1.165, 1.54) is 7.11 Å². The summed E-state index contributed by atoms with van der Waals surface area (Å²) in [7, 11) is 1.33. The van der Waals surface area contributed by atoms with E-state index < -0.39 is 5.97 Å². The van der Waals surface area contributed by atoms with E-state index in [4.69, 9.17) is 9.47 Å². The van der Waals surface area contributed by atoms with Gasteiger partial charge in [-0.1, -0.05) is 18.2 Å². The van der Waals surface area contributed by atoms with Crippen molar-refractivity contribution < 1.29 is 19.1 Å². The molecule has 1 fully saturated rings. The van der Waals surface area contributed by atoms with E-state index in [0.29, 0.717) is 16.8 Å². The lowest BCUT2D eigenvalue weighted by molar-refractivity contribution is 0.0342. The molecule has 0 saturated carbocycles. The highest BCUT2D eigenvalue weighted by Crippen LogP contribution is 2.15. The van der Waals surface area contributed by atoms with Crippen LogP contribution in [0.2, 0.25) is 0 Å². The Labute approximate surface area is 152 Å². The van der Waals surface area contributed by atoms with Crippen LogP contribution in [0.3, 0.4) is 0 Å². The monoisotopic (exact) mass is 354 g/mol. The van der Waals surface area contributed by atoms with Crippen LogP contribution >= 0.6 is 0 Å². The average molecular weight is 354 g/mol. The molecule has 2 aromatic rings. The number of hydrogen-bond acceptors (Lipinski definition) is 5. The Morgan fingerprint density at radius 1 is 1.08 bits per heavy atom. The predicted molar refractivity (Wildman–Crippen MR) is 98.3 cm³/mol. The van der Waals surface area contributed by atoms with Crippen LogP contribution in [0, 0.1) is 0 Å². The van der Waals surface area contributed by atoms with Gasteiger partial charge in [0, 0.05) is 30.9 Å². The van der Waals surface area contributed by atoms with Gasteiger partial charge in [-0.05, 0) is 35.9 Å². The van der Waals surface area contributed by atoms with Gasteiger partial charge < -0.3 is 14.8 Å². The molecule has 136 valence electrons. The molecule has 1 saturated heterocycles. The number of benzene rings is 2. The van der Waals surface area contributed by atoms with Crippen molar-refractivity contribution >= 4 is 17.6 Å². The van der Waals surface area contributed by atoms with Gasteiger partial charge in [0.05, 0.1) is 25.9 Å². The summed E-state index contributed by atoms with van der Waals surface area (Å²) in [5.74, 6) is -0.649. The van der Waals surface area contributed by atoms with E-state index in [0.717, 1.165) is 38.4 Å². The summed E-state index contributed by atoms with van der Waals surface area (Å²) in [6, 6.07) is 14.3. The van der Waals surface area contributed by atoms with Crippen molar-refractivity contribution in [3.8, 4) is 0 Å². The van der Waals surface area contributed by atoms with E-state index in [9.17, 15) is 9.59 Å². The fourth-order valence-electron chi connectivity index (χ4n) is 2.87.